The fourth-order valence-corrected chi connectivity index (χ4v) is 3.78. The molecule has 1 aromatic heterocycles. The fraction of sp³-hybridized carbons (Fsp3) is 0.467. The SMILES string of the molecule is NNC(c1cc2cccc(Cl)c2o1)C1CN2CCN1CC2. The van der Waals surface area contributed by atoms with Gasteiger partial charge < -0.3 is 4.42 Å². The molecule has 3 N–H and O–H groups in total. The van der Waals surface area contributed by atoms with Gasteiger partial charge in [-0.3, -0.25) is 15.6 Å². The average Bonchev–Trinajstić information content (AvgIpc) is 2.95. The first-order valence-electron chi connectivity index (χ1n) is 7.37. The highest BCUT2D eigenvalue weighted by atomic mass is 35.5. The van der Waals surface area contributed by atoms with Gasteiger partial charge in [0.2, 0.25) is 0 Å². The molecule has 3 aliphatic heterocycles. The Labute approximate surface area is 128 Å². The number of nitrogens with two attached hydrogens (primary N) is 1. The van der Waals surface area contributed by atoms with Crippen LogP contribution in [0, 0.1) is 0 Å². The second-order valence-electron chi connectivity index (χ2n) is 5.86. The monoisotopic (exact) mass is 306 g/mol. The van der Waals surface area contributed by atoms with Crippen LogP contribution < -0.4 is 11.3 Å². The van der Waals surface area contributed by atoms with Crippen LogP contribution in [0.4, 0.5) is 0 Å². The van der Waals surface area contributed by atoms with Crippen molar-refractivity contribution in [2.45, 2.75) is 12.1 Å². The first kappa shape index (κ1) is 13.5. The number of nitrogens with one attached hydrogen (secondary N) is 1. The lowest BCUT2D eigenvalue weighted by atomic mass is 9.98. The van der Waals surface area contributed by atoms with E-state index in [1.807, 2.05) is 24.3 Å². The minimum atomic E-state index is -0.0171. The first-order chi connectivity index (χ1) is 10.3. The van der Waals surface area contributed by atoms with Crippen LogP contribution in [0.1, 0.15) is 11.8 Å². The summed E-state index contributed by atoms with van der Waals surface area (Å²) in [5.74, 6) is 6.70. The van der Waals surface area contributed by atoms with Crippen LogP contribution in [-0.4, -0.2) is 48.6 Å². The number of halogens is 1. The molecule has 0 radical (unpaired) electrons. The summed E-state index contributed by atoms with van der Waals surface area (Å²) in [6, 6.07) is 8.17. The van der Waals surface area contributed by atoms with E-state index in [4.69, 9.17) is 21.9 Å². The van der Waals surface area contributed by atoms with E-state index >= 15 is 0 Å². The Morgan fingerprint density at radius 1 is 1.29 bits per heavy atom. The maximum absolute atomic E-state index is 6.20. The molecule has 6 heteroatoms. The Bertz CT molecular complexity index is 650. The highest BCUT2D eigenvalue weighted by Crippen LogP contribution is 2.33. The van der Waals surface area contributed by atoms with Crippen molar-refractivity contribution in [3.63, 3.8) is 0 Å². The van der Waals surface area contributed by atoms with E-state index in [2.05, 4.69) is 15.2 Å². The van der Waals surface area contributed by atoms with Crippen molar-refractivity contribution >= 4 is 22.6 Å². The molecule has 0 amide bonds. The van der Waals surface area contributed by atoms with E-state index in [1.54, 1.807) is 0 Å². The summed E-state index contributed by atoms with van der Waals surface area (Å²) in [7, 11) is 0. The number of piperazine rings is 3. The van der Waals surface area contributed by atoms with Gasteiger partial charge in [0, 0.05) is 44.2 Å². The molecule has 3 fully saturated rings. The van der Waals surface area contributed by atoms with Crippen molar-refractivity contribution in [3.05, 3.63) is 35.0 Å². The van der Waals surface area contributed by atoms with Crippen LogP contribution in [0.25, 0.3) is 11.0 Å². The van der Waals surface area contributed by atoms with Crippen LogP contribution >= 0.6 is 11.6 Å². The largest absolute Gasteiger partial charge is 0.458 e. The number of fused-ring (bicyclic) bond motifs is 4. The molecule has 2 aromatic rings. The number of benzene rings is 1. The molecular formula is C15H19ClN4O. The zero-order valence-electron chi connectivity index (χ0n) is 11.8. The number of hydrogen-bond acceptors (Lipinski definition) is 5. The lowest BCUT2D eigenvalue weighted by molar-refractivity contribution is -0.00667. The van der Waals surface area contributed by atoms with Gasteiger partial charge in [-0.15, -0.1) is 0 Å². The predicted octanol–water partition coefficient (Wildman–Crippen LogP) is 1.59. The average molecular weight is 307 g/mol. The topological polar surface area (TPSA) is 57.7 Å². The molecule has 4 heterocycles. The molecule has 5 rings (SSSR count). The molecule has 2 unspecified atom stereocenters. The van der Waals surface area contributed by atoms with Crippen molar-refractivity contribution in [2.24, 2.45) is 5.84 Å². The number of nitrogens with zero attached hydrogens (tertiary/aromatic N) is 2. The highest BCUT2D eigenvalue weighted by Gasteiger charge is 2.38. The van der Waals surface area contributed by atoms with Crippen LogP contribution in [0.5, 0.6) is 0 Å². The second kappa shape index (κ2) is 5.26. The third-order valence-corrected chi connectivity index (χ3v) is 5.00. The lowest BCUT2D eigenvalue weighted by Gasteiger charge is -2.49. The minimum Gasteiger partial charge on any atom is -0.458 e. The van der Waals surface area contributed by atoms with Gasteiger partial charge in [0.25, 0.3) is 0 Å². The Kier molecular flexibility index (Phi) is 3.40. The van der Waals surface area contributed by atoms with Crippen molar-refractivity contribution in [3.8, 4) is 0 Å². The Balaban J connectivity index is 1.69. The van der Waals surface area contributed by atoms with Crippen molar-refractivity contribution in [2.75, 3.05) is 32.7 Å². The number of hydrazine groups is 1. The van der Waals surface area contributed by atoms with Gasteiger partial charge in [-0.25, -0.2) is 5.43 Å². The third kappa shape index (κ3) is 2.25. The summed E-state index contributed by atoms with van der Waals surface area (Å²) in [5.41, 5.74) is 3.69. The predicted molar refractivity (Wildman–Crippen MR) is 83.1 cm³/mol. The minimum absolute atomic E-state index is 0.0171. The maximum Gasteiger partial charge on any atom is 0.152 e. The Morgan fingerprint density at radius 3 is 2.71 bits per heavy atom. The summed E-state index contributed by atoms with van der Waals surface area (Å²) in [5, 5.41) is 1.66. The van der Waals surface area contributed by atoms with Gasteiger partial charge in [-0.1, -0.05) is 23.7 Å². The molecule has 3 aliphatic rings. The van der Waals surface area contributed by atoms with Crippen molar-refractivity contribution in [1.29, 1.82) is 0 Å². The summed E-state index contributed by atoms with van der Waals surface area (Å²) < 4.78 is 5.99. The molecular weight excluding hydrogens is 288 g/mol. The molecule has 0 spiro atoms. The quantitative estimate of drug-likeness (QED) is 0.666. The Hall–Kier alpha value is -1.11. The smallest absolute Gasteiger partial charge is 0.152 e. The number of rotatable bonds is 3. The first-order valence-corrected chi connectivity index (χ1v) is 7.74. The van der Waals surface area contributed by atoms with Gasteiger partial charge in [-0.05, 0) is 12.1 Å². The van der Waals surface area contributed by atoms with E-state index in [-0.39, 0.29) is 6.04 Å². The molecule has 1 aromatic carbocycles. The van der Waals surface area contributed by atoms with E-state index in [0.29, 0.717) is 11.1 Å². The molecule has 21 heavy (non-hydrogen) atoms. The van der Waals surface area contributed by atoms with Crippen LogP contribution in [0.3, 0.4) is 0 Å². The third-order valence-electron chi connectivity index (χ3n) is 4.71. The summed E-state index contributed by atoms with van der Waals surface area (Å²) in [6.07, 6.45) is 0. The van der Waals surface area contributed by atoms with Crippen molar-refractivity contribution in [1.82, 2.24) is 15.2 Å². The standard InChI is InChI=1S/C15H19ClN4O/c16-11-3-1-2-10-8-13(21-15(10)11)14(18-17)12-9-19-4-6-20(12)7-5-19/h1-3,8,12,14,18H,4-7,9,17H2. The Morgan fingerprint density at radius 2 is 2.10 bits per heavy atom. The maximum atomic E-state index is 6.20. The van der Waals surface area contributed by atoms with Crippen LogP contribution in [0.2, 0.25) is 5.02 Å². The fourth-order valence-electron chi connectivity index (χ4n) is 3.56. The van der Waals surface area contributed by atoms with Gasteiger partial charge in [0.15, 0.2) is 5.58 Å². The van der Waals surface area contributed by atoms with Gasteiger partial charge >= 0.3 is 0 Å². The highest BCUT2D eigenvalue weighted by molar-refractivity contribution is 6.34. The lowest BCUT2D eigenvalue weighted by Crippen LogP contribution is -2.64. The van der Waals surface area contributed by atoms with E-state index in [1.165, 1.54) is 0 Å². The van der Waals surface area contributed by atoms with Gasteiger partial charge in [-0.2, -0.15) is 0 Å². The number of furan rings is 1. The molecule has 112 valence electrons. The molecule has 0 aliphatic carbocycles. The zero-order valence-corrected chi connectivity index (χ0v) is 12.5. The number of hydrogen-bond donors (Lipinski definition) is 2. The van der Waals surface area contributed by atoms with E-state index < -0.39 is 0 Å². The second-order valence-corrected chi connectivity index (χ2v) is 6.26. The summed E-state index contributed by atoms with van der Waals surface area (Å²) in [6.45, 7) is 5.53. The molecule has 0 saturated carbocycles. The molecule has 5 nitrogen and oxygen atoms in total. The summed E-state index contributed by atoms with van der Waals surface area (Å²) in [4.78, 5) is 4.99. The van der Waals surface area contributed by atoms with Crippen LogP contribution in [0.15, 0.2) is 28.7 Å². The zero-order chi connectivity index (χ0) is 14.4. The van der Waals surface area contributed by atoms with Gasteiger partial charge in [0.1, 0.15) is 5.76 Å². The number of para-hydroxylation sites is 1. The molecule has 3 saturated heterocycles. The van der Waals surface area contributed by atoms with Gasteiger partial charge in [0.05, 0.1) is 11.1 Å². The van der Waals surface area contributed by atoms with Crippen molar-refractivity contribution < 1.29 is 4.42 Å². The van der Waals surface area contributed by atoms with E-state index in [0.717, 1.165) is 49.5 Å². The molecule has 2 atom stereocenters. The normalized spacial score (nSPS) is 29.9. The summed E-state index contributed by atoms with van der Waals surface area (Å²) >= 11 is 6.20. The molecule has 2 bridgehead atoms. The van der Waals surface area contributed by atoms with E-state index in [9.17, 15) is 0 Å². The van der Waals surface area contributed by atoms with Crippen LogP contribution in [-0.2, 0) is 0 Å².